The molecule has 0 saturated carbocycles. The minimum absolute atomic E-state index is 0.737. The summed E-state index contributed by atoms with van der Waals surface area (Å²) < 4.78 is 79.8. The molecule has 6 heteroatoms. The van der Waals surface area contributed by atoms with E-state index in [9.17, 15) is 26.3 Å². The smallest absolute Gasteiger partial charge is 0.170 e. The Balaban J connectivity index is 5.54. The molecule has 0 aliphatic rings. The van der Waals surface area contributed by atoms with Crippen molar-refractivity contribution < 1.29 is 27.7 Å². The summed E-state index contributed by atoms with van der Waals surface area (Å²) in [7, 11) is 0. The Morgan fingerprint density at radius 3 is 1.08 bits per heavy atom. The lowest BCUT2D eigenvalue weighted by Crippen LogP contribution is -2.45. The van der Waals surface area contributed by atoms with E-state index >= 15 is 0 Å². The molecule has 0 spiro atoms. The molecule has 0 atom stereocenters. The summed E-state index contributed by atoms with van der Waals surface area (Å²) in [6, 6.07) is 0. The molecule has 0 N–H and O–H groups in total. The number of hydrogen-bond acceptors (Lipinski definition) is 0. The topological polar surface area (TPSA) is 0 Å². The van der Waals surface area contributed by atoms with Gasteiger partial charge >= 0.3 is 12.4 Å². The van der Waals surface area contributed by atoms with Crippen molar-refractivity contribution in [1.29, 1.82) is 0 Å². The standard InChI is InChI=1S/C7H10F6/c1-5(2,3)4(6(8,9)10)7(11,12)13/h4H,1-3H3/i4D. The molecule has 0 fully saturated rings. The van der Waals surface area contributed by atoms with Gasteiger partial charge in [0.1, 0.15) is 0 Å². The molecular weight excluding hydrogens is 198 g/mol. The van der Waals surface area contributed by atoms with Crippen LogP contribution in [0.15, 0.2) is 0 Å². The predicted octanol–water partition coefficient (Wildman–Crippen LogP) is 3.77. The Kier molecular flexibility index (Phi) is 2.51. The maximum atomic E-state index is 12.2. The van der Waals surface area contributed by atoms with E-state index in [1.165, 1.54) is 0 Å². The third-order valence-electron chi connectivity index (χ3n) is 1.32. The third-order valence-corrected chi connectivity index (χ3v) is 1.32. The van der Waals surface area contributed by atoms with Gasteiger partial charge in [0.15, 0.2) is 5.89 Å². The van der Waals surface area contributed by atoms with Crippen molar-refractivity contribution in [3.8, 4) is 0 Å². The molecule has 0 aliphatic carbocycles. The summed E-state index contributed by atoms with van der Waals surface area (Å²) in [6.45, 7) is 2.21. The van der Waals surface area contributed by atoms with Crippen LogP contribution in [0, 0.1) is 11.3 Å². The average Bonchev–Trinajstić information content (AvgIpc) is 1.77. The third kappa shape index (κ3) is 3.44. The molecule has 0 heterocycles. The van der Waals surface area contributed by atoms with Crippen molar-refractivity contribution in [3.05, 3.63) is 0 Å². The molecule has 80 valence electrons. The highest BCUT2D eigenvalue weighted by molar-refractivity contribution is 4.85. The van der Waals surface area contributed by atoms with Crippen molar-refractivity contribution in [2.75, 3.05) is 0 Å². The lowest BCUT2D eigenvalue weighted by Gasteiger charge is -2.33. The first-order chi connectivity index (χ1) is 5.75. The maximum absolute atomic E-state index is 12.2. The number of alkyl halides is 6. The van der Waals surface area contributed by atoms with Gasteiger partial charge < -0.3 is 0 Å². The second kappa shape index (κ2) is 3.06. The van der Waals surface area contributed by atoms with E-state index in [-0.39, 0.29) is 0 Å². The van der Waals surface area contributed by atoms with E-state index in [0.29, 0.717) is 0 Å². The van der Waals surface area contributed by atoms with Crippen molar-refractivity contribution in [1.82, 2.24) is 0 Å². The fraction of sp³-hybridized carbons (Fsp3) is 1.00. The van der Waals surface area contributed by atoms with Crippen molar-refractivity contribution in [2.45, 2.75) is 33.1 Å². The molecule has 13 heavy (non-hydrogen) atoms. The summed E-state index contributed by atoms with van der Waals surface area (Å²) in [6.07, 6.45) is -11.3. The number of halogens is 6. The van der Waals surface area contributed by atoms with E-state index in [2.05, 4.69) is 0 Å². The summed E-state index contributed by atoms with van der Waals surface area (Å²) in [5.74, 6) is -4.44. The van der Waals surface area contributed by atoms with Gasteiger partial charge in [-0.2, -0.15) is 26.3 Å². The highest BCUT2D eigenvalue weighted by atomic mass is 19.4. The van der Waals surface area contributed by atoms with Crippen LogP contribution >= 0.6 is 0 Å². The van der Waals surface area contributed by atoms with Crippen LogP contribution in [0.2, 0.25) is 0 Å². The fourth-order valence-electron chi connectivity index (χ4n) is 1.01. The van der Waals surface area contributed by atoms with Gasteiger partial charge in [-0.25, -0.2) is 0 Å². The first-order valence-corrected chi connectivity index (χ1v) is 3.38. The molecule has 0 aliphatic heterocycles. The van der Waals surface area contributed by atoms with Crippen molar-refractivity contribution in [3.63, 3.8) is 0 Å². The van der Waals surface area contributed by atoms with Gasteiger partial charge in [0.2, 0.25) is 0 Å². The highest BCUT2D eigenvalue weighted by Gasteiger charge is 2.61. The molecule has 0 bridgehead atoms. The van der Waals surface area contributed by atoms with Crippen LogP contribution in [0.1, 0.15) is 22.1 Å². The van der Waals surface area contributed by atoms with Crippen LogP contribution < -0.4 is 0 Å². The molecule has 0 saturated heterocycles. The fourth-order valence-corrected chi connectivity index (χ4v) is 1.01. The van der Waals surface area contributed by atoms with E-state index in [1.54, 1.807) is 0 Å². The van der Waals surface area contributed by atoms with Crippen molar-refractivity contribution >= 4 is 0 Å². The molecule has 0 aromatic carbocycles. The van der Waals surface area contributed by atoms with Gasteiger partial charge in [0, 0.05) is 1.37 Å². The van der Waals surface area contributed by atoms with E-state index in [0.717, 1.165) is 20.8 Å². The van der Waals surface area contributed by atoms with E-state index < -0.39 is 23.7 Å². The summed E-state index contributed by atoms with van der Waals surface area (Å²) in [5, 5.41) is 0. The molecule has 0 aromatic rings. The zero-order valence-corrected chi connectivity index (χ0v) is 7.27. The Labute approximate surface area is 73.3 Å². The maximum Gasteiger partial charge on any atom is 0.400 e. The zero-order valence-electron chi connectivity index (χ0n) is 8.27. The van der Waals surface area contributed by atoms with Crippen LogP contribution in [0.25, 0.3) is 0 Å². The molecule has 0 unspecified atom stereocenters. The first-order valence-electron chi connectivity index (χ1n) is 3.88. The molecule has 0 rings (SSSR count). The lowest BCUT2D eigenvalue weighted by molar-refractivity contribution is -0.309. The Morgan fingerprint density at radius 1 is 0.846 bits per heavy atom. The lowest BCUT2D eigenvalue weighted by atomic mass is 9.80. The molecule has 0 nitrogen and oxygen atoms in total. The molecule has 0 amide bonds. The number of rotatable bonds is 0. The summed E-state index contributed by atoms with van der Waals surface area (Å²) in [5.41, 5.74) is -2.26. The first kappa shape index (κ1) is 10.7. The highest BCUT2D eigenvalue weighted by Crippen LogP contribution is 2.48. The monoisotopic (exact) mass is 209 g/mol. The van der Waals surface area contributed by atoms with Gasteiger partial charge in [0.05, 0.1) is 0 Å². The predicted molar refractivity (Wildman–Crippen MR) is 35.1 cm³/mol. The quantitative estimate of drug-likeness (QED) is 0.532. The Hall–Kier alpha value is -0.420. The second-order valence-electron chi connectivity index (χ2n) is 3.62. The van der Waals surface area contributed by atoms with Crippen LogP contribution in [0.4, 0.5) is 26.3 Å². The van der Waals surface area contributed by atoms with Gasteiger partial charge in [0.25, 0.3) is 0 Å². The Bertz CT molecular complexity index is 172. The van der Waals surface area contributed by atoms with Crippen molar-refractivity contribution in [2.24, 2.45) is 11.3 Å². The van der Waals surface area contributed by atoms with Gasteiger partial charge in [-0.05, 0) is 5.41 Å². The minimum atomic E-state index is -5.64. The van der Waals surface area contributed by atoms with Gasteiger partial charge in [-0.1, -0.05) is 20.8 Å². The summed E-state index contributed by atoms with van der Waals surface area (Å²) in [4.78, 5) is 0. The van der Waals surface area contributed by atoms with Gasteiger partial charge in [-0.3, -0.25) is 0 Å². The average molecular weight is 209 g/mol. The zero-order chi connectivity index (χ0) is 12.0. The van der Waals surface area contributed by atoms with Crippen LogP contribution in [-0.2, 0) is 0 Å². The SMILES string of the molecule is [2H]C(C(C)(C)C)(C(F)(F)F)C(F)(F)F. The van der Waals surface area contributed by atoms with Crippen LogP contribution in [-0.4, -0.2) is 12.4 Å². The van der Waals surface area contributed by atoms with Gasteiger partial charge in [-0.15, -0.1) is 0 Å². The Morgan fingerprint density at radius 2 is 1.08 bits per heavy atom. The number of hydrogen-bond donors (Lipinski definition) is 0. The summed E-state index contributed by atoms with van der Waals surface area (Å²) >= 11 is 0. The normalized spacial score (nSPS) is 17.2. The van der Waals surface area contributed by atoms with E-state index in [4.69, 9.17) is 1.37 Å². The van der Waals surface area contributed by atoms with Crippen LogP contribution in [0.5, 0.6) is 0 Å². The largest absolute Gasteiger partial charge is 0.400 e. The van der Waals surface area contributed by atoms with Crippen LogP contribution in [0.3, 0.4) is 0 Å². The molecular formula is C7H10F6. The molecule has 0 radical (unpaired) electrons. The second-order valence-corrected chi connectivity index (χ2v) is 3.62. The molecule has 0 aromatic heterocycles. The van der Waals surface area contributed by atoms with E-state index in [1.807, 2.05) is 0 Å². The minimum Gasteiger partial charge on any atom is -0.170 e.